The number of nitrogens with zero attached hydrogens (tertiary/aromatic N) is 1. The van der Waals surface area contributed by atoms with Crippen molar-refractivity contribution >= 4 is 17.8 Å². The number of amides is 2. The lowest BCUT2D eigenvalue weighted by atomic mass is 10.1. The van der Waals surface area contributed by atoms with Gasteiger partial charge in [0.1, 0.15) is 0 Å². The van der Waals surface area contributed by atoms with E-state index in [0.717, 1.165) is 31.4 Å². The Labute approximate surface area is 181 Å². The molecule has 2 fully saturated rings. The first-order chi connectivity index (χ1) is 14.4. The fourth-order valence-electron chi connectivity index (χ4n) is 4.24. The second-order valence-electron chi connectivity index (χ2n) is 9.17. The smallest absolute Gasteiger partial charge is 0.308 e. The summed E-state index contributed by atoms with van der Waals surface area (Å²) in [6, 6.07) is 0. The second-order valence-corrected chi connectivity index (χ2v) is 9.17. The summed E-state index contributed by atoms with van der Waals surface area (Å²) in [6.07, 6.45) is 14.2. The van der Waals surface area contributed by atoms with Crippen LogP contribution in [-0.4, -0.2) is 47.4 Å². The monoisotopic (exact) mass is 420 g/mol. The maximum atomic E-state index is 12.2. The third-order valence-corrected chi connectivity index (χ3v) is 6.36. The normalized spacial score (nSPS) is 23.7. The molecule has 1 aliphatic carbocycles. The number of carboxylic acid groups (broad SMARTS) is 1. The van der Waals surface area contributed by atoms with Crippen molar-refractivity contribution < 1.29 is 19.5 Å². The summed E-state index contributed by atoms with van der Waals surface area (Å²) in [5.41, 5.74) is 1.07. The zero-order chi connectivity index (χ0) is 21.9. The summed E-state index contributed by atoms with van der Waals surface area (Å²) in [7, 11) is 0. The van der Waals surface area contributed by atoms with Crippen molar-refractivity contribution in [2.75, 3.05) is 19.6 Å². The van der Waals surface area contributed by atoms with Crippen LogP contribution in [0.4, 0.5) is 0 Å². The van der Waals surface area contributed by atoms with Gasteiger partial charge >= 0.3 is 5.97 Å². The van der Waals surface area contributed by atoms with Crippen LogP contribution in [0.1, 0.15) is 84.5 Å². The first kappa shape index (κ1) is 24.4. The van der Waals surface area contributed by atoms with Gasteiger partial charge in [-0.3, -0.25) is 14.4 Å². The van der Waals surface area contributed by atoms with Crippen molar-refractivity contribution in [3.8, 4) is 0 Å². The Kier molecular flexibility index (Phi) is 10.4. The lowest BCUT2D eigenvalue weighted by Crippen LogP contribution is -2.28. The van der Waals surface area contributed by atoms with Gasteiger partial charge in [-0.25, -0.2) is 0 Å². The van der Waals surface area contributed by atoms with Gasteiger partial charge in [-0.05, 0) is 32.1 Å². The molecule has 0 aromatic rings. The number of unbranched alkanes of at least 4 members (excludes halogenated alkanes) is 7. The van der Waals surface area contributed by atoms with E-state index >= 15 is 0 Å². The summed E-state index contributed by atoms with van der Waals surface area (Å²) in [4.78, 5) is 36.8. The average Bonchev–Trinajstić information content (AvgIpc) is 3.40. The molecule has 0 radical (unpaired) electrons. The Bertz CT molecular complexity index is 616. The Morgan fingerprint density at radius 2 is 1.80 bits per heavy atom. The van der Waals surface area contributed by atoms with Gasteiger partial charge in [0.15, 0.2) is 0 Å². The highest BCUT2D eigenvalue weighted by atomic mass is 16.4. The number of aliphatic carboxylic acids is 1. The second kappa shape index (κ2) is 12.8. The number of hydrogen-bond donors (Lipinski definition) is 2. The third-order valence-electron chi connectivity index (χ3n) is 6.36. The quantitative estimate of drug-likeness (QED) is 0.308. The molecule has 0 aromatic carbocycles. The van der Waals surface area contributed by atoms with Crippen LogP contribution in [0.5, 0.6) is 0 Å². The maximum absolute atomic E-state index is 12.2. The van der Waals surface area contributed by atoms with Crippen LogP contribution in [0, 0.1) is 17.8 Å². The fourth-order valence-corrected chi connectivity index (χ4v) is 4.24. The molecular formula is C24H40N2O4. The molecule has 1 saturated carbocycles. The van der Waals surface area contributed by atoms with Crippen molar-refractivity contribution in [2.24, 2.45) is 17.8 Å². The van der Waals surface area contributed by atoms with Crippen LogP contribution >= 0.6 is 0 Å². The summed E-state index contributed by atoms with van der Waals surface area (Å²) in [6.45, 7) is 5.78. The average molecular weight is 421 g/mol. The molecule has 30 heavy (non-hydrogen) atoms. The van der Waals surface area contributed by atoms with E-state index in [-0.39, 0.29) is 24.2 Å². The fraction of sp³-hybridized carbons (Fsp3) is 0.792. The Morgan fingerprint density at radius 1 is 1.13 bits per heavy atom. The van der Waals surface area contributed by atoms with Crippen molar-refractivity contribution in [3.63, 3.8) is 0 Å². The molecule has 3 atom stereocenters. The molecule has 6 nitrogen and oxygen atoms in total. The van der Waals surface area contributed by atoms with E-state index in [9.17, 15) is 14.4 Å². The molecular weight excluding hydrogens is 380 g/mol. The van der Waals surface area contributed by atoms with E-state index in [1.54, 1.807) is 4.90 Å². The topological polar surface area (TPSA) is 86.7 Å². The van der Waals surface area contributed by atoms with Crippen molar-refractivity contribution in [1.29, 1.82) is 0 Å². The third kappa shape index (κ3) is 8.49. The highest BCUT2D eigenvalue weighted by molar-refractivity contribution is 5.86. The molecule has 0 bridgehead atoms. The van der Waals surface area contributed by atoms with Gasteiger partial charge in [0.05, 0.1) is 5.92 Å². The molecule has 2 N–H and O–H groups in total. The zero-order valence-electron chi connectivity index (χ0n) is 18.8. The van der Waals surface area contributed by atoms with Gasteiger partial charge in [-0.1, -0.05) is 63.5 Å². The minimum atomic E-state index is -0.897. The summed E-state index contributed by atoms with van der Waals surface area (Å²) < 4.78 is 0. The lowest BCUT2D eigenvalue weighted by molar-refractivity contribution is -0.141. The molecule has 1 aliphatic heterocycles. The van der Waals surface area contributed by atoms with Gasteiger partial charge in [-0.15, -0.1) is 0 Å². The summed E-state index contributed by atoms with van der Waals surface area (Å²) in [5.74, 6) is -0.838. The van der Waals surface area contributed by atoms with Crippen LogP contribution in [0.25, 0.3) is 0 Å². The molecule has 0 aromatic heterocycles. The predicted molar refractivity (Wildman–Crippen MR) is 118 cm³/mol. The van der Waals surface area contributed by atoms with Crippen LogP contribution in [0.2, 0.25) is 0 Å². The van der Waals surface area contributed by atoms with Crippen molar-refractivity contribution in [2.45, 2.75) is 84.5 Å². The van der Waals surface area contributed by atoms with Gasteiger partial charge in [0.25, 0.3) is 0 Å². The van der Waals surface area contributed by atoms with Crippen molar-refractivity contribution in [1.82, 2.24) is 10.2 Å². The number of rotatable bonds is 15. The Balaban J connectivity index is 1.53. The number of allylic oxidation sites excluding steroid dienone is 1. The maximum Gasteiger partial charge on any atom is 0.308 e. The molecule has 6 heteroatoms. The van der Waals surface area contributed by atoms with E-state index in [1.165, 1.54) is 44.9 Å². The first-order valence-corrected chi connectivity index (χ1v) is 11.9. The summed E-state index contributed by atoms with van der Waals surface area (Å²) >= 11 is 0. The van der Waals surface area contributed by atoms with E-state index in [0.29, 0.717) is 19.0 Å². The van der Waals surface area contributed by atoms with Crippen LogP contribution in [0.3, 0.4) is 0 Å². The Hall–Kier alpha value is -1.85. The largest absolute Gasteiger partial charge is 0.481 e. The molecule has 1 heterocycles. The van der Waals surface area contributed by atoms with Crippen LogP contribution in [0.15, 0.2) is 11.6 Å². The summed E-state index contributed by atoms with van der Waals surface area (Å²) in [5, 5.41) is 12.1. The van der Waals surface area contributed by atoms with E-state index in [4.69, 9.17) is 5.11 Å². The van der Waals surface area contributed by atoms with Gasteiger partial charge in [-0.2, -0.15) is 0 Å². The number of carboxylic acids is 1. The van der Waals surface area contributed by atoms with E-state index < -0.39 is 11.9 Å². The highest BCUT2D eigenvalue weighted by Gasteiger charge is 2.41. The zero-order valence-corrected chi connectivity index (χ0v) is 18.8. The van der Waals surface area contributed by atoms with Crippen LogP contribution in [-0.2, 0) is 14.4 Å². The molecule has 170 valence electrons. The Morgan fingerprint density at radius 3 is 2.43 bits per heavy atom. The lowest BCUT2D eigenvalue weighted by Gasteiger charge is -2.16. The highest BCUT2D eigenvalue weighted by Crippen LogP contribution is 2.41. The van der Waals surface area contributed by atoms with Crippen LogP contribution < -0.4 is 5.32 Å². The molecule has 2 amide bonds. The minimum absolute atomic E-state index is 0.0835. The van der Waals surface area contributed by atoms with Crippen molar-refractivity contribution in [3.05, 3.63) is 11.6 Å². The molecule has 3 unspecified atom stereocenters. The van der Waals surface area contributed by atoms with E-state index in [2.05, 4.69) is 18.3 Å². The minimum Gasteiger partial charge on any atom is -0.481 e. The predicted octanol–water partition coefficient (Wildman–Crippen LogP) is 4.15. The number of carbonyl (C=O) groups excluding carboxylic acids is 2. The standard InChI is InChI=1S/C24H40N2O4/c1-3-4-5-6-7-8-9-10-13-25-23(28)21-14-19(21)12-11-18(2)16-26-17-20(24(29)30)15-22(26)27/h11,19-21H,3-10,12-17H2,1-2H3,(H,25,28)(H,29,30)/b18-11+. The molecule has 1 saturated heterocycles. The SMILES string of the molecule is CCCCCCCCCCNC(=O)C1CC1C/C=C(\C)CN1CC(C(=O)O)CC1=O. The number of nitrogens with one attached hydrogen (secondary N) is 1. The first-order valence-electron chi connectivity index (χ1n) is 11.9. The van der Waals surface area contributed by atoms with Gasteiger partial charge < -0.3 is 15.3 Å². The van der Waals surface area contributed by atoms with Gasteiger partial charge in [0.2, 0.25) is 11.8 Å². The van der Waals surface area contributed by atoms with Gasteiger partial charge in [0, 0.05) is 32.0 Å². The number of likely N-dealkylation sites (tertiary alicyclic amines) is 1. The number of carbonyl (C=O) groups is 3. The molecule has 2 aliphatic rings. The molecule has 0 spiro atoms. The molecule has 2 rings (SSSR count). The van der Waals surface area contributed by atoms with E-state index in [1.807, 2.05) is 6.92 Å². The number of hydrogen-bond acceptors (Lipinski definition) is 3.